The smallest absolute Gasteiger partial charge is 0.243 e. The Morgan fingerprint density at radius 1 is 0.871 bits per heavy atom. The summed E-state index contributed by atoms with van der Waals surface area (Å²) in [5.74, 6) is 0.552. The monoisotopic (exact) mass is 441 g/mol. The van der Waals surface area contributed by atoms with Crippen LogP contribution in [0.2, 0.25) is 0 Å². The van der Waals surface area contributed by atoms with Crippen LogP contribution >= 0.6 is 0 Å². The third-order valence-electron chi connectivity index (χ3n) is 6.49. The Hall–Kier alpha value is -2.38. The lowest BCUT2D eigenvalue weighted by Gasteiger charge is -2.33. The summed E-state index contributed by atoms with van der Waals surface area (Å²) in [5.41, 5.74) is 1.84. The Kier molecular flexibility index (Phi) is 6.62. The number of rotatable bonds is 5. The van der Waals surface area contributed by atoms with Crippen LogP contribution in [0.1, 0.15) is 32.6 Å². The maximum atomic E-state index is 12.9. The molecular weight excluding hydrogens is 410 g/mol. The molecule has 6 nitrogen and oxygen atoms in total. The predicted octanol–water partition coefficient (Wildman–Crippen LogP) is 3.96. The number of amides is 1. The van der Waals surface area contributed by atoms with Crippen LogP contribution in [0.5, 0.6) is 0 Å². The Balaban J connectivity index is 1.32. The number of nitrogens with zero attached hydrogens (tertiary/aromatic N) is 2. The highest BCUT2D eigenvalue weighted by Gasteiger charge is 2.28. The highest BCUT2D eigenvalue weighted by atomic mass is 32.2. The first-order valence-electron chi connectivity index (χ1n) is 11.1. The standard InChI is InChI=1S/C24H31N3O3S/c1-19-11-17-27(18-12-19)31(29,30)23-9-7-21(8-10-23)25-24(28)20-13-15-26(16-14-20)22-5-3-2-4-6-22/h2-10,19-20H,11-18H2,1H3,(H,25,28). The molecule has 0 unspecified atom stereocenters. The zero-order valence-corrected chi connectivity index (χ0v) is 18.9. The molecule has 0 radical (unpaired) electrons. The fraction of sp³-hybridized carbons (Fsp3) is 0.458. The summed E-state index contributed by atoms with van der Waals surface area (Å²) in [7, 11) is -3.47. The van der Waals surface area contributed by atoms with Gasteiger partial charge in [0, 0.05) is 43.5 Å². The van der Waals surface area contributed by atoms with Crippen LogP contribution in [0.15, 0.2) is 59.5 Å². The van der Waals surface area contributed by atoms with Crippen molar-refractivity contribution in [2.24, 2.45) is 11.8 Å². The van der Waals surface area contributed by atoms with E-state index in [0.717, 1.165) is 38.8 Å². The summed E-state index contributed by atoms with van der Waals surface area (Å²) in [6.07, 6.45) is 3.41. The molecule has 0 spiro atoms. The summed E-state index contributed by atoms with van der Waals surface area (Å²) < 4.78 is 27.3. The van der Waals surface area contributed by atoms with E-state index in [1.54, 1.807) is 28.6 Å². The molecule has 0 saturated carbocycles. The molecule has 31 heavy (non-hydrogen) atoms. The Bertz CT molecular complexity index is 976. The van der Waals surface area contributed by atoms with Gasteiger partial charge in [0.2, 0.25) is 15.9 Å². The lowest BCUT2D eigenvalue weighted by atomic mass is 9.95. The molecule has 4 rings (SSSR count). The fourth-order valence-corrected chi connectivity index (χ4v) is 5.84. The van der Waals surface area contributed by atoms with Crippen LogP contribution in [0.4, 0.5) is 11.4 Å². The van der Waals surface area contributed by atoms with E-state index in [-0.39, 0.29) is 16.7 Å². The molecule has 2 fully saturated rings. The Labute approximate surface area is 185 Å². The molecule has 2 aliphatic heterocycles. The minimum Gasteiger partial charge on any atom is -0.371 e. The normalized spacial score (nSPS) is 19.3. The molecule has 2 aromatic rings. The predicted molar refractivity (Wildman–Crippen MR) is 124 cm³/mol. The quantitative estimate of drug-likeness (QED) is 0.762. The third-order valence-corrected chi connectivity index (χ3v) is 8.40. The van der Waals surface area contributed by atoms with Gasteiger partial charge in [-0.25, -0.2) is 8.42 Å². The molecule has 1 N–H and O–H groups in total. The summed E-state index contributed by atoms with van der Waals surface area (Å²) in [6, 6.07) is 16.8. The van der Waals surface area contributed by atoms with Gasteiger partial charge in [-0.2, -0.15) is 4.31 Å². The van der Waals surface area contributed by atoms with Gasteiger partial charge in [0.25, 0.3) is 0 Å². The molecule has 2 aliphatic rings. The molecule has 2 aromatic carbocycles. The number of anilines is 2. The van der Waals surface area contributed by atoms with Gasteiger partial charge in [-0.1, -0.05) is 25.1 Å². The SMILES string of the molecule is CC1CCN(S(=O)(=O)c2ccc(NC(=O)C3CCN(c4ccccc4)CC3)cc2)CC1. The van der Waals surface area contributed by atoms with E-state index in [1.165, 1.54) is 5.69 Å². The number of carbonyl (C=O) groups excluding carboxylic acids is 1. The van der Waals surface area contributed by atoms with Crippen molar-refractivity contribution in [2.45, 2.75) is 37.5 Å². The third kappa shape index (κ3) is 5.10. The van der Waals surface area contributed by atoms with Crippen LogP contribution < -0.4 is 10.2 Å². The van der Waals surface area contributed by atoms with Crippen LogP contribution in [0, 0.1) is 11.8 Å². The van der Waals surface area contributed by atoms with Crippen molar-refractivity contribution in [2.75, 3.05) is 36.4 Å². The minimum atomic E-state index is -3.47. The number of piperidine rings is 2. The van der Waals surface area contributed by atoms with Crippen LogP contribution in [-0.4, -0.2) is 44.8 Å². The number of para-hydroxylation sites is 1. The van der Waals surface area contributed by atoms with Crippen molar-refractivity contribution in [3.05, 3.63) is 54.6 Å². The first-order chi connectivity index (χ1) is 14.9. The van der Waals surface area contributed by atoms with Gasteiger partial charge in [0.15, 0.2) is 0 Å². The van der Waals surface area contributed by atoms with Gasteiger partial charge in [-0.3, -0.25) is 4.79 Å². The van der Waals surface area contributed by atoms with Gasteiger partial charge in [-0.15, -0.1) is 0 Å². The number of nitrogens with one attached hydrogen (secondary N) is 1. The topological polar surface area (TPSA) is 69.7 Å². The van der Waals surface area contributed by atoms with E-state index in [9.17, 15) is 13.2 Å². The second-order valence-corrected chi connectivity index (χ2v) is 10.6. The van der Waals surface area contributed by atoms with E-state index in [1.807, 2.05) is 18.2 Å². The molecular formula is C24H31N3O3S. The zero-order chi connectivity index (χ0) is 21.8. The molecule has 2 saturated heterocycles. The summed E-state index contributed by atoms with van der Waals surface area (Å²) in [5, 5.41) is 2.96. The summed E-state index contributed by atoms with van der Waals surface area (Å²) in [6.45, 7) is 5.02. The number of benzene rings is 2. The number of carbonyl (C=O) groups is 1. The fourth-order valence-electron chi connectivity index (χ4n) is 4.37. The largest absolute Gasteiger partial charge is 0.371 e. The van der Waals surface area contributed by atoms with Gasteiger partial charge < -0.3 is 10.2 Å². The summed E-state index contributed by atoms with van der Waals surface area (Å²) >= 11 is 0. The average molecular weight is 442 g/mol. The highest BCUT2D eigenvalue weighted by molar-refractivity contribution is 7.89. The lowest BCUT2D eigenvalue weighted by Crippen LogP contribution is -2.38. The Morgan fingerprint density at radius 2 is 1.48 bits per heavy atom. The van der Waals surface area contributed by atoms with Crippen molar-refractivity contribution in [1.82, 2.24) is 4.31 Å². The number of sulfonamides is 1. The van der Waals surface area contributed by atoms with E-state index in [0.29, 0.717) is 24.7 Å². The van der Waals surface area contributed by atoms with E-state index >= 15 is 0 Å². The maximum Gasteiger partial charge on any atom is 0.243 e. The average Bonchev–Trinajstić information content (AvgIpc) is 2.80. The molecule has 0 bridgehead atoms. The maximum absolute atomic E-state index is 12.9. The summed E-state index contributed by atoms with van der Waals surface area (Å²) in [4.78, 5) is 15.3. The molecule has 7 heteroatoms. The first kappa shape index (κ1) is 21.8. The van der Waals surface area contributed by atoms with Crippen molar-refractivity contribution >= 4 is 27.3 Å². The van der Waals surface area contributed by atoms with Crippen molar-refractivity contribution in [3.63, 3.8) is 0 Å². The molecule has 0 aliphatic carbocycles. The van der Waals surface area contributed by atoms with E-state index in [4.69, 9.17) is 0 Å². The van der Waals surface area contributed by atoms with Gasteiger partial charge in [0.1, 0.15) is 0 Å². The van der Waals surface area contributed by atoms with Gasteiger partial charge in [-0.05, 0) is 68.0 Å². The minimum absolute atomic E-state index is 0.00772. The second-order valence-electron chi connectivity index (χ2n) is 8.70. The second kappa shape index (κ2) is 9.40. The molecule has 1 amide bonds. The zero-order valence-electron chi connectivity index (χ0n) is 18.0. The molecule has 0 atom stereocenters. The van der Waals surface area contributed by atoms with Crippen molar-refractivity contribution < 1.29 is 13.2 Å². The molecule has 166 valence electrons. The van der Waals surface area contributed by atoms with E-state index in [2.05, 4.69) is 29.3 Å². The van der Waals surface area contributed by atoms with Gasteiger partial charge >= 0.3 is 0 Å². The number of hydrogen-bond acceptors (Lipinski definition) is 4. The van der Waals surface area contributed by atoms with Gasteiger partial charge in [0.05, 0.1) is 4.90 Å². The van der Waals surface area contributed by atoms with Crippen LogP contribution in [0.25, 0.3) is 0 Å². The molecule has 2 heterocycles. The highest BCUT2D eigenvalue weighted by Crippen LogP contribution is 2.26. The number of hydrogen-bond donors (Lipinski definition) is 1. The molecule has 0 aromatic heterocycles. The first-order valence-corrected chi connectivity index (χ1v) is 12.6. The van der Waals surface area contributed by atoms with Crippen molar-refractivity contribution in [1.29, 1.82) is 0 Å². The van der Waals surface area contributed by atoms with Crippen LogP contribution in [-0.2, 0) is 14.8 Å². The Morgan fingerprint density at radius 3 is 2.10 bits per heavy atom. The van der Waals surface area contributed by atoms with Crippen LogP contribution in [0.3, 0.4) is 0 Å². The van der Waals surface area contributed by atoms with Crippen molar-refractivity contribution in [3.8, 4) is 0 Å². The lowest BCUT2D eigenvalue weighted by molar-refractivity contribution is -0.120. The van der Waals surface area contributed by atoms with E-state index < -0.39 is 10.0 Å².